The molecule has 6 nitrogen and oxygen atoms in total. The van der Waals surface area contributed by atoms with Crippen molar-refractivity contribution in [2.45, 2.75) is 39.0 Å². The van der Waals surface area contributed by atoms with Crippen LogP contribution < -0.4 is 0 Å². The number of carbonyl (C=O) groups is 1. The van der Waals surface area contributed by atoms with Crippen molar-refractivity contribution >= 4 is 16.2 Å². The third kappa shape index (κ3) is 6.04. The fraction of sp³-hybridized carbons (Fsp3) is 0.917. The monoisotopic (exact) mass is 311 g/mol. The molecule has 20 heavy (non-hydrogen) atoms. The first-order valence-electron chi connectivity index (χ1n) is 6.44. The van der Waals surface area contributed by atoms with E-state index < -0.39 is 33.9 Å². The predicted molar refractivity (Wildman–Crippen MR) is 71.6 cm³/mol. The summed E-state index contributed by atoms with van der Waals surface area (Å²) in [6, 6.07) is 0. The van der Waals surface area contributed by atoms with Crippen LogP contribution in [0.3, 0.4) is 0 Å². The third-order valence-corrected chi connectivity index (χ3v) is 3.39. The lowest BCUT2D eigenvalue weighted by atomic mass is 9.96. The minimum Gasteiger partial charge on any atom is -0.444 e. The van der Waals surface area contributed by atoms with Crippen LogP contribution in [0.1, 0.15) is 27.2 Å². The largest absolute Gasteiger partial charge is 0.444 e. The number of hydrogen-bond acceptors (Lipinski definition) is 5. The maximum Gasteiger partial charge on any atom is 0.410 e. The first-order chi connectivity index (χ1) is 8.98. The molecule has 0 bridgehead atoms. The van der Waals surface area contributed by atoms with Gasteiger partial charge in [-0.3, -0.25) is 4.18 Å². The molecule has 2 atom stereocenters. The van der Waals surface area contributed by atoms with Crippen molar-refractivity contribution in [3.05, 3.63) is 0 Å². The van der Waals surface area contributed by atoms with Gasteiger partial charge in [-0.15, -0.1) is 0 Å². The van der Waals surface area contributed by atoms with E-state index in [1.165, 1.54) is 4.90 Å². The summed E-state index contributed by atoms with van der Waals surface area (Å²) in [5, 5.41) is 0. The van der Waals surface area contributed by atoms with Gasteiger partial charge in [0.15, 0.2) is 0 Å². The van der Waals surface area contributed by atoms with Crippen LogP contribution in [0.2, 0.25) is 0 Å². The van der Waals surface area contributed by atoms with Crippen molar-refractivity contribution < 1.29 is 26.5 Å². The number of rotatable bonds is 3. The summed E-state index contributed by atoms with van der Waals surface area (Å²) in [6.45, 7) is 5.25. The summed E-state index contributed by atoms with van der Waals surface area (Å²) >= 11 is 0. The number of ether oxygens (including phenoxy) is 1. The normalized spacial score (nSPS) is 24.6. The van der Waals surface area contributed by atoms with Crippen molar-refractivity contribution in [3.8, 4) is 0 Å². The third-order valence-electron chi connectivity index (χ3n) is 2.82. The molecule has 0 aromatic carbocycles. The molecule has 0 aliphatic carbocycles. The van der Waals surface area contributed by atoms with E-state index in [0.29, 0.717) is 13.0 Å². The van der Waals surface area contributed by atoms with Gasteiger partial charge in [-0.25, -0.2) is 9.18 Å². The van der Waals surface area contributed by atoms with Crippen LogP contribution in [-0.2, 0) is 19.0 Å². The van der Waals surface area contributed by atoms with E-state index in [-0.39, 0.29) is 13.2 Å². The summed E-state index contributed by atoms with van der Waals surface area (Å²) in [4.78, 5) is 13.1. The van der Waals surface area contributed by atoms with Gasteiger partial charge in [-0.2, -0.15) is 8.42 Å². The highest BCUT2D eigenvalue weighted by molar-refractivity contribution is 7.85. The standard InChI is InChI=1S/C12H22FNO5S/c1-12(2,3)19-11(15)14-6-5-9(10(13)7-14)8-18-20(4,16)17/h9-10H,5-8H2,1-4H3/t9-,10-/m0/s1. The van der Waals surface area contributed by atoms with Gasteiger partial charge in [0.25, 0.3) is 10.1 Å². The maximum absolute atomic E-state index is 13.9. The minimum absolute atomic E-state index is 0.104. The van der Waals surface area contributed by atoms with Crippen LogP contribution in [0.5, 0.6) is 0 Å². The van der Waals surface area contributed by atoms with E-state index >= 15 is 0 Å². The van der Waals surface area contributed by atoms with Crippen molar-refractivity contribution in [2.75, 3.05) is 26.0 Å². The first-order valence-corrected chi connectivity index (χ1v) is 8.26. The Kier molecular flexibility index (Phi) is 5.37. The second kappa shape index (κ2) is 6.26. The molecular weight excluding hydrogens is 289 g/mol. The van der Waals surface area contributed by atoms with Crippen molar-refractivity contribution in [1.82, 2.24) is 4.90 Å². The molecule has 0 N–H and O–H groups in total. The van der Waals surface area contributed by atoms with Crippen LogP contribution in [0, 0.1) is 5.92 Å². The quantitative estimate of drug-likeness (QED) is 0.740. The molecule has 0 spiro atoms. The zero-order valence-electron chi connectivity index (χ0n) is 12.3. The van der Waals surface area contributed by atoms with E-state index in [0.717, 1.165) is 6.26 Å². The van der Waals surface area contributed by atoms with Gasteiger partial charge in [-0.05, 0) is 27.2 Å². The SMILES string of the molecule is CC(C)(C)OC(=O)N1CC[C@@H](COS(C)(=O)=O)[C@@H](F)C1. The lowest BCUT2D eigenvalue weighted by Gasteiger charge is -2.35. The number of piperidine rings is 1. The van der Waals surface area contributed by atoms with Crippen LogP contribution in [-0.4, -0.2) is 57.1 Å². The molecule has 1 aliphatic heterocycles. The van der Waals surface area contributed by atoms with Gasteiger partial charge >= 0.3 is 6.09 Å². The van der Waals surface area contributed by atoms with E-state index in [4.69, 9.17) is 4.74 Å². The van der Waals surface area contributed by atoms with E-state index in [2.05, 4.69) is 4.18 Å². The summed E-state index contributed by atoms with van der Waals surface area (Å²) in [6.07, 6.45) is -0.605. The Morgan fingerprint density at radius 2 is 2.00 bits per heavy atom. The highest BCUT2D eigenvalue weighted by Gasteiger charge is 2.34. The molecule has 1 rings (SSSR count). The number of halogens is 1. The van der Waals surface area contributed by atoms with Gasteiger partial charge in [0.1, 0.15) is 11.8 Å². The molecule has 118 valence electrons. The molecule has 0 radical (unpaired) electrons. The Labute approximate surface area is 119 Å². The highest BCUT2D eigenvalue weighted by atomic mass is 32.2. The number of likely N-dealkylation sites (tertiary alicyclic amines) is 1. The van der Waals surface area contributed by atoms with Gasteiger partial charge in [0, 0.05) is 12.5 Å². The highest BCUT2D eigenvalue weighted by Crippen LogP contribution is 2.23. The van der Waals surface area contributed by atoms with Gasteiger partial charge < -0.3 is 9.64 Å². The maximum atomic E-state index is 13.9. The van der Waals surface area contributed by atoms with Crippen LogP contribution >= 0.6 is 0 Å². The van der Waals surface area contributed by atoms with Crippen molar-refractivity contribution in [3.63, 3.8) is 0 Å². The lowest BCUT2D eigenvalue weighted by molar-refractivity contribution is 0.000697. The van der Waals surface area contributed by atoms with Crippen LogP contribution in [0.25, 0.3) is 0 Å². The Hall–Kier alpha value is -0.890. The minimum atomic E-state index is -3.57. The number of carbonyl (C=O) groups excluding carboxylic acids is 1. The van der Waals surface area contributed by atoms with Gasteiger partial charge in [-0.1, -0.05) is 0 Å². The molecule has 1 aliphatic rings. The van der Waals surface area contributed by atoms with Crippen LogP contribution in [0.15, 0.2) is 0 Å². The second-order valence-electron chi connectivity index (χ2n) is 5.98. The molecular formula is C12H22FNO5S. The topological polar surface area (TPSA) is 72.9 Å². The molecule has 1 saturated heterocycles. The number of amides is 1. The number of nitrogens with zero attached hydrogens (tertiary/aromatic N) is 1. The first kappa shape index (κ1) is 17.2. The molecule has 0 aromatic heterocycles. The zero-order chi connectivity index (χ0) is 15.6. The molecule has 8 heteroatoms. The smallest absolute Gasteiger partial charge is 0.410 e. The number of alkyl halides is 1. The fourth-order valence-corrected chi connectivity index (χ4v) is 2.27. The van der Waals surface area contributed by atoms with Crippen LogP contribution in [0.4, 0.5) is 9.18 Å². The Morgan fingerprint density at radius 1 is 1.40 bits per heavy atom. The Bertz CT molecular complexity index is 445. The second-order valence-corrected chi connectivity index (χ2v) is 7.62. The summed E-state index contributed by atoms with van der Waals surface area (Å²) < 4.78 is 45.5. The molecule has 1 fully saturated rings. The van der Waals surface area contributed by atoms with E-state index in [9.17, 15) is 17.6 Å². The fourth-order valence-electron chi connectivity index (χ4n) is 1.84. The molecule has 0 unspecified atom stereocenters. The Balaban J connectivity index is 2.49. The van der Waals surface area contributed by atoms with Crippen molar-refractivity contribution in [2.24, 2.45) is 5.92 Å². The zero-order valence-corrected chi connectivity index (χ0v) is 13.1. The van der Waals surface area contributed by atoms with E-state index in [1.807, 2.05) is 0 Å². The average molecular weight is 311 g/mol. The summed E-state index contributed by atoms with van der Waals surface area (Å²) in [5.74, 6) is -0.525. The summed E-state index contributed by atoms with van der Waals surface area (Å²) in [5.41, 5.74) is -0.626. The van der Waals surface area contributed by atoms with Gasteiger partial charge in [0.05, 0.1) is 19.4 Å². The van der Waals surface area contributed by atoms with Gasteiger partial charge in [0.2, 0.25) is 0 Å². The molecule has 1 heterocycles. The van der Waals surface area contributed by atoms with Crippen molar-refractivity contribution in [1.29, 1.82) is 0 Å². The lowest BCUT2D eigenvalue weighted by Crippen LogP contribution is -2.47. The number of hydrogen-bond donors (Lipinski definition) is 0. The predicted octanol–water partition coefficient (Wildman–Crippen LogP) is 1.56. The molecule has 0 aromatic rings. The van der Waals surface area contributed by atoms with E-state index in [1.54, 1.807) is 20.8 Å². The molecule has 0 saturated carbocycles. The Morgan fingerprint density at radius 3 is 2.45 bits per heavy atom. The average Bonchev–Trinajstić information content (AvgIpc) is 2.23. The summed E-state index contributed by atoms with van der Waals surface area (Å²) in [7, 11) is -3.57. The molecule has 1 amide bonds.